The zero-order chi connectivity index (χ0) is 8.85. The highest BCUT2D eigenvalue weighted by atomic mass is 16.5. The van der Waals surface area contributed by atoms with Crippen LogP contribution in [-0.2, 0) is 0 Å². The third kappa shape index (κ3) is 3.79. The highest BCUT2D eigenvalue weighted by Gasteiger charge is 2.12. The Bertz CT molecular complexity index is 127. The quantitative estimate of drug-likeness (QED) is 0.397. The number of urea groups is 1. The standard InChI is InChI=1S/C6H14N2O3/c1-5(2)8(11)6(10)7-3-4-9/h5,9,11H,3-4H2,1-2H3,(H,7,10). The zero-order valence-corrected chi connectivity index (χ0v) is 6.74. The van der Waals surface area contributed by atoms with Gasteiger partial charge in [-0.1, -0.05) is 0 Å². The van der Waals surface area contributed by atoms with Crippen LogP contribution in [0.1, 0.15) is 13.8 Å². The maximum Gasteiger partial charge on any atom is 0.341 e. The molecule has 0 aliphatic heterocycles. The van der Waals surface area contributed by atoms with Crippen molar-refractivity contribution in [2.45, 2.75) is 19.9 Å². The van der Waals surface area contributed by atoms with E-state index in [4.69, 9.17) is 10.3 Å². The number of hydroxylamine groups is 2. The first-order chi connectivity index (χ1) is 5.09. The van der Waals surface area contributed by atoms with E-state index < -0.39 is 6.03 Å². The van der Waals surface area contributed by atoms with Gasteiger partial charge in [0.05, 0.1) is 12.6 Å². The van der Waals surface area contributed by atoms with E-state index in [1.54, 1.807) is 13.8 Å². The van der Waals surface area contributed by atoms with Gasteiger partial charge in [-0.05, 0) is 13.8 Å². The lowest BCUT2D eigenvalue weighted by Gasteiger charge is -2.18. The summed E-state index contributed by atoms with van der Waals surface area (Å²) in [6.45, 7) is 3.39. The van der Waals surface area contributed by atoms with Crippen molar-refractivity contribution in [1.29, 1.82) is 0 Å². The molecule has 2 amide bonds. The summed E-state index contributed by atoms with van der Waals surface area (Å²) >= 11 is 0. The SMILES string of the molecule is CC(C)N(O)C(=O)NCCO. The minimum atomic E-state index is -0.589. The van der Waals surface area contributed by atoms with E-state index in [-0.39, 0.29) is 19.2 Å². The molecule has 0 aliphatic rings. The molecule has 0 fully saturated rings. The van der Waals surface area contributed by atoms with Crippen molar-refractivity contribution >= 4 is 6.03 Å². The number of rotatable bonds is 3. The molecule has 0 bridgehead atoms. The Balaban J connectivity index is 3.64. The molecule has 0 aromatic carbocycles. The molecule has 0 radical (unpaired) electrons. The van der Waals surface area contributed by atoms with Gasteiger partial charge >= 0.3 is 6.03 Å². The number of nitrogens with zero attached hydrogens (tertiary/aromatic N) is 1. The Labute approximate surface area is 65.6 Å². The second-order valence-electron chi connectivity index (χ2n) is 2.39. The van der Waals surface area contributed by atoms with E-state index in [9.17, 15) is 4.79 Å². The second-order valence-corrected chi connectivity index (χ2v) is 2.39. The van der Waals surface area contributed by atoms with Crippen LogP contribution >= 0.6 is 0 Å². The van der Waals surface area contributed by atoms with E-state index in [1.807, 2.05) is 0 Å². The fraction of sp³-hybridized carbons (Fsp3) is 0.833. The predicted molar refractivity (Wildman–Crippen MR) is 39.2 cm³/mol. The van der Waals surface area contributed by atoms with Gasteiger partial charge in [-0.15, -0.1) is 0 Å². The number of aliphatic hydroxyl groups excluding tert-OH is 1. The van der Waals surface area contributed by atoms with Crippen molar-refractivity contribution in [3.05, 3.63) is 0 Å². The molecule has 11 heavy (non-hydrogen) atoms. The number of hydrogen-bond donors (Lipinski definition) is 3. The molecule has 66 valence electrons. The van der Waals surface area contributed by atoms with E-state index in [2.05, 4.69) is 5.32 Å². The molecule has 0 aromatic rings. The van der Waals surface area contributed by atoms with E-state index in [0.29, 0.717) is 5.06 Å². The van der Waals surface area contributed by atoms with Gasteiger partial charge in [0, 0.05) is 6.54 Å². The normalized spacial score (nSPS) is 9.91. The Hall–Kier alpha value is -0.810. The van der Waals surface area contributed by atoms with Crippen molar-refractivity contribution in [3.63, 3.8) is 0 Å². The molecule has 0 unspecified atom stereocenters. The summed E-state index contributed by atoms with van der Waals surface area (Å²) in [6, 6.07) is -0.845. The molecule has 0 aromatic heterocycles. The molecule has 0 rings (SSSR count). The first kappa shape index (κ1) is 10.2. The molecule has 0 atom stereocenters. The lowest BCUT2D eigenvalue weighted by molar-refractivity contribution is -0.0678. The van der Waals surface area contributed by atoms with Crippen LogP contribution in [0.4, 0.5) is 4.79 Å². The van der Waals surface area contributed by atoms with Crippen LogP contribution in [0.3, 0.4) is 0 Å². The van der Waals surface area contributed by atoms with Crippen molar-refractivity contribution in [3.8, 4) is 0 Å². The van der Waals surface area contributed by atoms with Crippen molar-refractivity contribution in [2.75, 3.05) is 13.2 Å². The maximum absolute atomic E-state index is 10.8. The minimum Gasteiger partial charge on any atom is -0.395 e. The number of hydrogen-bond acceptors (Lipinski definition) is 3. The van der Waals surface area contributed by atoms with Gasteiger partial charge in [0.2, 0.25) is 0 Å². The summed E-state index contributed by atoms with van der Waals surface area (Å²) in [7, 11) is 0. The van der Waals surface area contributed by atoms with Crippen LogP contribution in [0.5, 0.6) is 0 Å². The topological polar surface area (TPSA) is 72.8 Å². The molecule has 0 spiro atoms. The van der Waals surface area contributed by atoms with Gasteiger partial charge in [0.25, 0.3) is 0 Å². The molecule has 0 saturated heterocycles. The van der Waals surface area contributed by atoms with Crippen LogP contribution in [0, 0.1) is 0 Å². The Morgan fingerprint density at radius 3 is 2.55 bits per heavy atom. The van der Waals surface area contributed by atoms with Crippen LogP contribution < -0.4 is 5.32 Å². The van der Waals surface area contributed by atoms with E-state index >= 15 is 0 Å². The van der Waals surface area contributed by atoms with E-state index in [0.717, 1.165) is 0 Å². The molecule has 5 nitrogen and oxygen atoms in total. The van der Waals surface area contributed by atoms with Gasteiger partial charge in [-0.2, -0.15) is 0 Å². The molecule has 3 N–H and O–H groups in total. The fourth-order valence-electron chi connectivity index (χ4n) is 0.478. The number of carbonyl (C=O) groups is 1. The monoisotopic (exact) mass is 162 g/mol. The fourth-order valence-corrected chi connectivity index (χ4v) is 0.478. The Morgan fingerprint density at radius 1 is 1.64 bits per heavy atom. The summed E-state index contributed by atoms with van der Waals surface area (Å²) in [4.78, 5) is 10.8. The number of carbonyl (C=O) groups excluding carboxylic acids is 1. The van der Waals surface area contributed by atoms with Gasteiger partial charge in [-0.3, -0.25) is 5.21 Å². The summed E-state index contributed by atoms with van der Waals surface area (Å²) in [5, 5.41) is 20.2. The average molecular weight is 162 g/mol. The smallest absolute Gasteiger partial charge is 0.341 e. The first-order valence-electron chi connectivity index (χ1n) is 3.46. The summed E-state index contributed by atoms with van der Waals surface area (Å²) in [5.41, 5.74) is 0. The molecular formula is C6H14N2O3. The van der Waals surface area contributed by atoms with Crippen molar-refractivity contribution < 1.29 is 15.1 Å². The number of aliphatic hydroxyl groups is 1. The number of amides is 2. The van der Waals surface area contributed by atoms with Gasteiger partial charge < -0.3 is 10.4 Å². The largest absolute Gasteiger partial charge is 0.395 e. The van der Waals surface area contributed by atoms with Crippen LogP contribution in [-0.4, -0.2) is 40.6 Å². The van der Waals surface area contributed by atoms with Crippen molar-refractivity contribution in [2.24, 2.45) is 0 Å². The molecule has 0 aliphatic carbocycles. The highest BCUT2D eigenvalue weighted by Crippen LogP contribution is 1.91. The van der Waals surface area contributed by atoms with Crippen molar-refractivity contribution in [1.82, 2.24) is 10.4 Å². The van der Waals surface area contributed by atoms with Gasteiger partial charge in [0.1, 0.15) is 0 Å². The molecule has 5 heteroatoms. The Kier molecular flexibility index (Phi) is 4.56. The molecule has 0 heterocycles. The third-order valence-electron chi connectivity index (χ3n) is 1.09. The minimum absolute atomic E-state index is 0.127. The average Bonchev–Trinajstić information content (AvgIpc) is 1.98. The van der Waals surface area contributed by atoms with Gasteiger partial charge in [-0.25, -0.2) is 9.86 Å². The summed E-state index contributed by atoms with van der Waals surface area (Å²) < 4.78 is 0. The van der Waals surface area contributed by atoms with Crippen LogP contribution in [0.25, 0.3) is 0 Å². The second kappa shape index (κ2) is 4.92. The summed E-state index contributed by atoms with van der Waals surface area (Å²) in [6.07, 6.45) is 0. The lowest BCUT2D eigenvalue weighted by Crippen LogP contribution is -2.42. The zero-order valence-electron chi connectivity index (χ0n) is 6.74. The first-order valence-corrected chi connectivity index (χ1v) is 3.46. The summed E-state index contributed by atoms with van der Waals surface area (Å²) in [5.74, 6) is 0. The van der Waals surface area contributed by atoms with Crippen LogP contribution in [0.15, 0.2) is 0 Å². The number of nitrogens with one attached hydrogen (secondary N) is 1. The molecular weight excluding hydrogens is 148 g/mol. The molecule has 0 saturated carbocycles. The van der Waals surface area contributed by atoms with Gasteiger partial charge in [0.15, 0.2) is 0 Å². The van der Waals surface area contributed by atoms with Crippen LogP contribution in [0.2, 0.25) is 0 Å². The lowest BCUT2D eigenvalue weighted by atomic mass is 10.4. The highest BCUT2D eigenvalue weighted by molar-refractivity contribution is 5.72. The third-order valence-corrected chi connectivity index (χ3v) is 1.09. The maximum atomic E-state index is 10.8. The predicted octanol–water partition coefficient (Wildman–Crippen LogP) is -0.212. The van der Waals surface area contributed by atoms with E-state index in [1.165, 1.54) is 0 Å². The Morgan fingerprint density at radius 2 is 2.18 bits per heavy atom.